The van der Waals surface area contributed by atoms with Gasteiger partial charge in [-0.15, -0.1) is 0 Å². The summed E-state index contributed by atoms with van der Waals surface area (Å²) in [5.74, 6) is -2.64. The standard InChI is InChI=1S/C20H21N3O5/c1-12(18(25)22-14-8-6-13(10-21)7-9-14)28-17(24)11-23-19(26)15-4-2-3-5-16(15)20(23)27/h6-9,12,15-16H,2-5,11H2,1H3,(H,22,25)/t12-,15+,16+/m1/s1. The van der Waals surface area contributed by atoms with Gasteiger partial charge in [0, 0.05) is 5.69 Å². The molecule has 146 valence electrons. The van der Waals surface area contributed by atoms with Gasteiger partial charge in [-0.25, -0.2) is 0 Å². The molecule has 3 atom stereocenters. The summed E-state index contributed by atoms with van der Waals surface area (Å²) in [6, 6.07) is 8.21. The third kappa shape index (κ3) is 4.03. The van der Waals surface area contributed by atoms with Crippen molar-refractivity contribution in [3.8, 4) is 6.07 Å². The highest BCUT2D eigenvalue weighted by atomic mass is 16.5. The number of rotatable bonds is 5. The van der Waals surface area contributed by atoms with E-state index in [0.29, 0.717) is 24.1 Å². The summed E-state index contributed by atoms with van der Waals surface area (Å²) >= 11 is 0. The predicted molar refractivity (Wildman–Crippen MR) is 97.5 cm³/mol. The zero-order valence-electron chi connectivity index (χ0n) is 15.5. The van der Waals surface area contributed by atoms with Gasteiger partial charge in [-0.3, -0.25) is 24.1 Å². The van der Waals surface area contributed by atoms with Crippen molar-refractivity contribution in [2.24, 2.45) is 11.8 Å². The highest BCUT2D eigenvalue weighted by molar-refractivity contribution is 6.07. The average Bonchev–Trinajstić information content (AvgIpc) is 2.93. The number of amides is 3. The van der Waals surface area contributed by atoms with Crippen molar-refractivity contribution in [1.82, 2.24) is 4.90 Å². The Balaban J connectivity index is 1.53. The van der Waals surface area contributed by atoms with Crippen LogP contribution in [-0.2, 0) is 23.9 Å². The summed E-state index contributed by atoms with van der Waals surface area (Å²) in [6.45, 7) is 0.934. The largest absolute Gasteiger partial charge is 0.451 e. The number of anilines is 1. The fourth-order valence-corrected chi connectivity index (χ4v) is 3.68. The number of hydrogen-bond donors (Lipinski definition) is 1. The molecule has 1 saturated heterocycles. The van der Waals surface area contributed by atoms with Gasteiger partial charge in [-0.05, 0) is 44.0 Å². The molecule has 0 radical (unpaired) electrons. The van der Waals surface area contributed by atoms with Crippen LogP contribution in [-0.4, -0.2) is 41.2 Å². The topological polar surface area (TPSA) is 117 Å². The number of likely N-dealkylation sites (tertiary alicyclic amines) is 1. The average molecular weight is 383 g/mol. The summed E-state index contributed by atoms with van der Waals surface area (Å²) in [4.78, 5) is 50.1. The second kappa shape index (κ2) is 8.21. The molecule has 2 fully saturated rings. The van der Waals surface area contributed by atoms with E-state index in [2.05, 4.69) is 5.32 Å². The van der Waals surface area contributed by atoms with Crippen LogP contribution in [0.25, 0.3) is 0 Å². The van der Waals surface area contributed by atoms with Crippen LogP contribution in [0, 0.1) is 23.2 Å². The number of benzene rings is 1. The van der Waals surface area contributed by atoms with Gasteiger partial charge in [0.15, 0.2) is 6.10 Å². The Hall–Kier alpha value is -3.21. The third-order valence-corrected chi connectivity index (χ3v) is 5.18. The van der Waals surface area contributed by atoms with E-state index < -0.39 is 24.5 Å². The minimum absolute atomic E-state index is 0.318. The first-order chi connectivity index (χ1) is 13.4. The quantitative estimate of drug-likeness (QED) is 0.610. The van der Waals surface area contributed by atoms with Gasteiger partial charge in [-0.2, -0.15) is 5.26 Å². The molecular formula is C20H21N3O5. The SMILES string of the molecule is C[C@@H](OC(=O)CN1C(=O)[C@H]2CCCC[C@@H]2C1=O)C(=O)Nc1ccc(C#N)cc1. The van der Waals surface area contributed by atoms with Crippen LogP contribution < -0.4 is 5.32 Å². The van der Waals surface area contributed by atoms with Crippen molar-refractivity contribution in [2.75, 3.05) is 11.9 Å². The van der Waals surface area contributed by atoms with Crippen LogP contribution in [0.1, 0.15) is 38.2 Å². The predicted octanol–water partition coefficient (Wildman–Crippen LogP) is 1.60. The van der Waals surface area contributed by atoms with Gasteiger partial charge in [-0.1, -0.05) is 12.8 Å². The molecule has 1 aromatic carbocycles. The Morgan fingerprint density at radius 1 is 1.18 bits per heavy atom. The molecule has 1 aliphatic carbocycles. The summed E-state index contributed by atoms with van der Waals surface area (Å²) in [6.07, 6.45) is 2.06. The number of nitrogens with zero attached hydrogens (tertiary/aromatic N) is 2. The van der Waals surface area contributed by atoms with E-state index in [4.69, 9.17) is 10.00 Å². The summed E-state index contributed by atoms with van der Waals surface area (Å²) < 4.78 is 5.09. The van der Waals surface area contributed by atoms with Crippen LogP contribution in [0.15, 0.2) is 24.3 Å². The lowest BCUT2D eigenvalue weighted by atomic mass is 9.81. The number of carbonyl (C=O) groups excluding carboxylic acids is 4. The maximum absolute atomic E-state index is 12.4. The van der Waals surface area contributed by atoms with Crippen LogP contribution in [0.4, 0.5) is 5.69 Å². The summed E-state index contributed by atoms with van der Waals surface area (Å²) in [5, 5.41) is 11.4. The monoisotopic (exact) mass is 383 g/mol. The minimum Gasteiger partial charge on any atom is -0.451 e. The van der Waals surface area contributed by atoms with Gasteiger partial charge < -0.3 is 10.1 Å². The molecule has 8 heteroatoms. The summed E-state index contributed by atoms with van der Waals surface area (Å²) in [7, 11) is 0. The lowest BCUT2D eigenvalue weighted by Gasteiger charge is -2.19. The molecule has 8 nitrogen and oxygen atoms in total. The van der Waals surface area contributed by atoms with Crippen LogP contribution in [0.3, 0.4) is 0 Å². The van der Waals surface area contributed by atoms with E-state index in [1.165, 1.54) is 6.92 Å². The van der Waals surface area contributed by atoms with Gasteiger partial charge in [0.05, 0.1) is 23.5 Å². The third-order valence-electron chi connectivity index (χ3n) is 5.18. The molecule has 1 saturated carbocycles. The van der Waals surface area contributed by atoms with Gasteiger partial charge in [0.1, 0.15) is 6.54 Å². The van der Waals surface area contributed by atoms with Crippen molar-refractivity contribution < 1.29 is 23.9 Å². The Morgan fingerprint density at radius 2 is 1.75 bits per heavy atom. The maximum atomic E-state index is 12.4. The van der Waals surface area contributed by atoms with Gasteiger partial charge in [0.25, 0.3) is 5.91 Å². The molecule has 28 heavy (non-hydrogen) atoms. The minimum atomic E-state index is -1.10. The number of esters is 1. The zero-order valence-corrected chi connectivity index (χ0v) is 15.5. The van der Waals surface area contributed by atoms with Gasteiger partial charge in [0.2, 0.25) is 11.8 Å². The number of ether oxygens (including phenoxy) is 1. The second-order valence-electron chi connectivity index (χ2n) is 7.07. The van der Waals surface area contributed by atoms with Gasteiger partial charge >= 0.3 is 5.97 Å². The molecule has 1 aliphatic heterocycles. The van der Waals surface area contributed by atoms with Crippen LogP contribution in [0.5, 0.6) is 0 Å². The molecule has 3 rings (SSSR count). The number of imide groups is 1. The van der Waals surface area contributed by atoms with E-state index in [0.717, 1.165) is 17.7 Å². The number of fused-ring (bicyclic) bond motifs is 1. The molecular weight excluding hydrogens is 362 g/mol. The molecule has 0 spiro atoms. The second-order valence-corrected chi connectivity index (χ2v) is 7.07. The van der Waals surface area contributed by atoms with E-state index >= 15 is 0 Å². The Labute approximate surface area is 162 Å². The molecule has 3 amide bonds. The van der Waals surface area contributed by atoms with Crippen LogP contribution >= 0.6 is 0 Å². The van der Waals surface area contributed by atoms with E-state index in [1.54, 1.807) is 24.3 Å². The highest BCUT2D eigenvalue weighted by Gasteiger charge is 2.48. The first kappa shape index (κ1) is 19.5. The van der Waals surface area contributed by atoms with Crippen molar-refractivity contribution in [3.05, 3.63) is 29.8 Å². The number of hydrogen-bond acceptors (Lipinski definition) is 6. The van der Waals surface area contributed by atoms with E-state index in [9.17, 15) is 19.2 Å². The fourth-order valence-electron chi connectivity index (χ4n) is 3.68. The molecule has 0 aromatic heterocycles. The normalized spacial score (nSPS) is 22.2. The molecule has 2 aliphatic rings. The van der Waals surface area contributed by atoms with Crippen LogP contribution in [0.2, 0.25) is 0 Å². The lowest BCUT2D eigenvalue weighted by molar-refractivity contribution is -0.158. The molecule has 1 N–H and O–H groups in total. The molecule has 1 heterocycles. The first-order valence-electron chi connectivity index (χ1n) is 9.26. The smallest absolute Gasteiger partial charge is 0.326 e. The lowest BCUT2D eigenvalue weighted by Crippen LogP contribution is -2.39. The Morgan fingerprint density at radius 3 is 2.29 bits per heavy atom. The fraction of sp³-hybridized carbons (Fsp3) is 0.450. The van der Waals surface area contributed by atoms with E-state index in [-0.39, 0.29) is 23.7 Å². The number of nitrogens with one attached hydrogen (secondary N) is 1. The van der Waals surface area contributed by atoms with Crippen molar-refractivity contribution in [1.29, 1.82) is 5.26 Å². The Kier molecular flexibility index (Phi) is 5.73. The molecule has 1 aromatic rings. The molecule has 0 unspecified atom stereocenters. The zero-order chi connectivity index (χ0) is 20.3. The maximum Gasteiger partial charge on any atom is 0.326 e. The highest BCUT2D eigenvalue weighted by Crippen LogP contribution is 2.37. The molecule has 0 bridgehead atoms. The number of carbonyl (C=O) groups is 4. The Bertz CT molecular complexity index is 818. The van der Waals surface area contributed by atoms with Crippen molar-refractivity contribution in [2.45, 2.75) is 38.7 Å². The number of nitriles is 1. The summed E-state index contributed by atoms with van der Waals surface area (Å²) in [5.41, 5.74) is 0.916. The van der Waals surface area contributed by atoms with E-state index in [1.807, 2.05) is 6.07 Å². The van der Waals surface area contributed by atoms with Crippen molar-refractivity contribution in [3.63, 3.8) is 0 Å². The first-order valence-corrected chi connectivity index (χ1v) is 9.26. The van der Waals surface area contributed by atoms with Crippen molar-refractivity contribution >= 4 is 29.4 Å².